The van der Waals surface area contributed by atoms with Gasteiger partial charge in [-0.3, -0.25) is 10.1 Å². The zero-order chi connectivity index (χ0) is 20.4. The van der Waals surface area contributed by atoms with Crippen LogP contribution in [0.15, 0.2) is 29.4 Å². The first-order valence-electron chi connectivity index (χ1n) is 7.71. The first-order chi connectivity index (χ1) is 12.6. The van der Waals surface area contributed by atoms with Gasteiger partial charge in [0.15, 0.2) is 0 Å². The molecule has 12 nitrogen and oxygen atoms in total. The highest BCUT2D eigenvalue weighted by Crippen LogP contribution is 2.18. The third-order valence-electron chi connectivity index (χ3n) is 2.73. The lowest BCUT2D eigenvalue weighted by molar-refractivity contribution is -0.384. The first-order valence-corrected chi connectivity index (χ1v) is 7.71. The highest BCUT2D eigenvalue weighted by molar-refractivity contribution is 5.68. The molecule has 0 bridgehead atoms. The van der Waals surface area contributed by atoms with Gasteiger partial charge in [-0.2, -0.15) is 0 Å². The number of carbonyl (C=O) groups excluding carboxylic acids is 2. The van der Waals surface area contributed by atoms with Crippen molar-refractivity contribution < 1.29 is 28.7 Å². The van der Waals surface area contributed by atoms with E-state index in [9.17, 15) is 19.7 Å². The predicted molar refractivity (Wildman–Crippen MR) is 92.2 cm³/mol. The van der Waals surface area contributed by atoms with Crippen molar-refractivity contribution in [2.24, 2.45) is 5.11 Å². The second-order valence-electron chi connectivity index (χ2n) is 6.14. The normalized spacial score (nSPS) is 11.5. The zero-order valence-electron chi connectivity index (χ0n) is 14.9. The fraction of sp³-hybridized carbons (Fsp3) is 0.467. The number of benzene rings is 1. The van der Waals surface area contributed by atoms with Gasteiger partial charge in [0.1, 0.15) is 17.5 Å². The summed E-state index contributed by atoms with van der Waals surface area (Å²) in [5, 5.41) is 16.3. The Labute approximate surface area is 154 Å². The Bertz CT molecular complexity index is 723. The number of hydrogen-bond acceptors (Lipinski definition) is 8. The summed E-state index contributed by atoms with van der Waals surface area (Å²) in [5.41, 5.74) is 7.53. The smallest absolute Gasteiger partial charge is 0.444 e. The van der Waals surface area contributed by atoms with Crippen LogP contribution in [-0.4, -0.2) is 42.0 Å². The Kier molecular flexibility index (Phi) is 7.83. The van der Waals surface area contributed by atoms with E-state index in [1.165, 1.54) is 12.1 Å². The molecule has 1 aromatic rings. The van der Waals surface area contributed by atoms with Gasteiger partial charge in [-0.1, -0.05) is 5.11 Å². The predicted octanol–water partition coefficient (Wildman–Crippen LogP) is 3.31. The molecular formula is C15H19N5O7. The van der Waals surface area contributed by atoms with E-state index < -0.39 is 28.9 Å². The first kappa shape index (κ1) is 21.5. The summed E-state index contributed by atoms with van der Waals surface area (Å²) < 4.78 is 14.9. The molecule has 1 N–H and O–H groups in total. The van der Waals surface area contributed by atoms with Gasteiger partial charge in [-0.05, 0) is 38.4 Å². The van der Waals surface area contributed by atoms with Crippen molar-refractivity contribution in [2.45, 2.75) is 32.5 Å². The molecule has 1 atom stereocenters. The lowest BCUT2D eigenvalue weighted by Gasteiger charge is -2.21. The SMILES string of the molecule is CC(C)(C)OC(=O)NCC(CN=[N+]=[N-])OC(=O)Oc1ccc([N+](=O)[O-])cc1. The van der Waals surface area contributed by atoms with E-state index in [2.05, 4.69) is 15.3 Å². The number of nitrogens with zero attached hydrogens (tertiary/aromatic N) is 4. The molecule has 0 fully saturated rings. The molecule has 0 saturated heterocycles. The number of alkyl carbamates (subject to hydrolysis) is 1. The van der Waals surface area contributed by atoms with Gasteiger partial charge in [0, 0.05) is 17.0 Å². The third kappa shape index (κ3) is 8.93. The summed E-state index contributed by atoms with van der Waals surface area (Å²) in [5.74, 6) is 0.0215. The summed E-state index contributed by atoms with van der Waals surface area (Å²) in [6, 6.07) is 4.76. The second-order valence-corrected chi connectivity index (χ2v) is 6.14. The average molecular weight is 381 g/mol. The lowest BCUT2D eigenvalue weighted by atomic mass is 10.2. The standard InChI is InChI=1S/C15H19N5O7/c1-15(2,3)27-13(21)17-8-12(9-18-19-16)26-14(22)25-11-6-4-10(5-7-11)20(23)24/h4-7,12H,8-9H2,1-3H3,(H,17,21). The highest BCUT2D eigenvalue weighted by atomic mass is 16.7. The number of rotatable bonds is 7. The van der Waals surface area contributed by atoms with Gasteiger partial charge in [-0.15, -0.1) is 0 Å². The molecule has 0 spiro atoms. The number of carbonyl (C=O) groups is 2. The Morgan fingerprint density at radius 2 is 1.96 bits per heavy atom. The molecule has 0 aliphatic carbocycles. The third-order valence-corrected chi connectivity index (χ3v) is 2.73. The Balaban J connectivity index is 2.61. The van der Waals surface area contributed by atoms with Crippen LogP contribution in [0.5, 0.6) is 5.75 Å². The summed E-state index contributed by atoms with van der Waals surface area (Å²) in [7, 11) is 0. The number of nitro benzene ring substituents is 1. The number of amides is 1. The molecule has 1 amide bonds. The van der Waals surface area contributed by atoms with E-state index in [1.807, 2.05) is 0 Å². The van der Waals surface area contributed by atoms with Crippen molar-refractivity contribution in [2.75, 3.05) is 13.1 Å². The van der Waals surface area contributed by atoms with Crippen LogP contribution in [-0.2, 0) is 9.47 Å². The van der Waals surface area contributed by atoms with Crippen LogP contribution in [0, 0.1) is 10.1 Å². The maximum atomic E-state index is 11.8. The number of nitro groups is 1. The zero-order valence-corrected chi connectivity index (χ0v) is 14.9. The molecule has 146 valence electrons. The topological polar surface area (TPSA) is 166 Å². The van der Waals surface area contributed by atoms with Crippen molar-refractivity contribution in [3.63, 3.8) is 0 Å². The minimum absolute atomic E-state index is 0.0215. The van der Waals surface area contributed by atoms with Gasteiger partial charge in [0.25, 0.3) is 5.69 Å². The van der Waals surface area contributed by atoms with Crippen LogP contribution in [0.1, 0.15) is 20.8 Å². The summed E-state index contributed by atoms with van der Waals surface area (Å²) in [6.45, 7) is 4.62. The monoisotopic (exact) mass is 381 g/mol. The molecule has 1 rings (SSSR count). The molecule has 1 aromatic carbocycles. The van der Waals surface area contributed by atoms with Crippen molar-refractivity contribution in [1.29, 1.82) is 0 Å². The van der Waals surface area contributed by atoms with Crippen LogP contribution in [0.2, 0.25) is 0 Å². The largest absolute Gasteiger partial charge is 0.514 e. The minimum atomic E-state index is -1.13. The van der Waals surface area contributed by atoms with E-state index in [4.69, 9.17) is 19.7 Å². The molecule has 12 heteroatoms. The molecule has 0 saturated carbocycles. The van der Waals surface area contributed by atoms with Gasteiger partial charge in [0.2, 0.25) is 0 Å². The maximum absolute atomic E-state index is 11.8. The number of ether oxygens (including phenoxy) is 3. The van der Waals surface area contributed by atoms with Crippen molar-refractivity contribution in [3.8, 4) is 5.75 Å². The van der Waals surface area contributed by atoms with E-state index in [0.29, 0.717) is 0 Å². The van der Waals surface area contributed by atoms with Crippen molar-refractivity contribution in [3.05, 3.63) is 44.8 Å². The minimum Gasteiger partial charge on any atom is -0.444 e. The molecular weight excluding hydrogens is 362 g/mol. The summed E-state index contributed by atoms with van der Waals surface area (Å²) in [6.07, 6.45) is -2.87. The number of nitrogens with one attached hydrogen (secondary N) is 1. The van der Waals surface area contributed by atoms with E-state index in [0.717, 1.165) is 12.1 Å². The van der Waals surface area contributed by atoms with E-state index in [-0.39, 0.29) is 24.5 Å². The van der Waals surface area contributed by atoms with Crippen LogP contribution in [0.3, 0.4) is 0 Å². The van der Waals surface area contributed by atoms with Gasteiger partial charge in [0.05, 0.1) is 18.0 Å². The molecule has 0 aliphatic rings. The fourth-order valence-corrected chi connectivity index (χ4v) is 1.67. The Morgan fingerprint density at radius 3 is 2.48 bits per heavy atom. The molecule has 27 heavy (non-hydrogen) atoms. The molecule has 0 aromatic heterocycles. The molecule has 1 unspecified atom stereocenters. The van der Waals surface area contributed by atoms with E-state index >= 15 is 0 Å². The van der Waals surface area contributed by atoms with Gasteiger partial charge < -0.3 is 19.5 Å². The van der Waals surface area contributed by atoms with Crippen LogP contribution in [0.4, 0.5) is 15.3 Å². The molecule has 0 heterocycles. The highest BCUT2D eigenvalue weighted by Gasteiger charge is 2.20. The fourth-order valence-electron chi connectivity index (χ4n) is 1.67. The lowest BCUT2D eigenvalue weighted by Crippen LogP contribution is -2.39. The molecule has 0 aliphatic heterocycles. The number of hydrogen-bond donors (Lipinski definition) is 1. The summed E-state index contributed by atoms with van der Waals surface area (Å²) >= 11 is 0. The van der Waals surface area contributed by atoms with Crippen LogP contribution < -0.4 is 10.1 Å². The van der Waals surface area contributed by atoms with Crippen LogP contribution in [0.25, 0.3) is 10.4 Å². The number of azide groups is 1. The van der Waals surface area contributed by atoms with Gasteiger partial charge >= 0.3 is 12.2 Å². The molecule has 0 radical (unpaired) electrons. The quantitative estimate of drug-likeness (QED) is 0.144. The maximum Gasteiger partial charge on any atom is 0.514 e. The average Bonchev–Trinajstić information content (AvgIpc) is 2.56. The van der Waals surface area contributed by atoms with Gasteiger partial charge in [-0.25, -0.2) is 9.59 Å². The number of non-ortho nitro benzene ring substituents is 1. The van der Waals surface area contributed by atoms with Crippen molar-refractivity contribution in [1.82, 2.24) is 5.32 Å². The van der Waals surface area contributed by atoms with Crippen LogP contribution >= 0.6 is 0 Å². The Hall–Kier alpha value is -3.53. The van der Waals surface area contributed by atoms with Crippen molar-refractivity contribution >= 4 is 17.9 Å². The second kappa shape index (κ2) is 9.82. The summed E-state index contributed by atoms with van der Waals surface area (Å²) in [4.78, 5) is 36.0. The van der Waals surface area contributed by atoms with E-state index in [1.54, 1.807) is 20.8 Å². The Morgan fingerprint density at radius 1 is 1.33 bits per heavy atom.